The zero-order chi connectivity index (χ0) is 22.9. The van der Waals surface area contributed by atoms with Gasteiger partial charge in [-0.2, -0.15) is 0 Å². The van der Waals surface area contributed by atoms with Crippen molar-refractivity contribution >= 4 is 34.1 Å². The smallest absolute Gasteiger partial charge is 0.269 e. The van der Waals surface area contributed by atoms with E-state index >= 15 is 0 Å². The minimum atomic E-state index is -0.754. The van der Waals surface area contributed by atoms with Gasteiger partial charge in [-0.05, 0) is 49.2 Å². The molecule has 0 fully saturated rings. The van der Waals surface area contributed by atoms with E-state index in [2.05, 4.69) is 33.2 Å². The topological polar surface area (TPSA) is 142 Å². The Bertz CT molecular complexity index is 1120. The molecular formula is C23H27ClN6O2. The molecule has 0 saturated heterocycles. The van der Waals surface area contributed by atoms with Gasteiger partial charge in [-0.1, -0.05) is 41.9 Å². The average Bonchev–Trinajstić information content (AvgIpc) is 2.79. The Morgan fingerprint density at radius 3 is 2.56 bits per heavy atom. The number of amides is 1. The molecule has 3 aromatic rings. The number of nitrogens with zero attached hydrogens (tertiary/aromatic N) is 3. The zero-order valence-electron chi connectivity index (χ0n) is 17.8. The first-order valence-electron chi connectivity index (χ1n) is 10.5. The van der Waals surface area contributed by atoms with Crippen LogP contribution in [0.15, 0.2) is 47.6 Å². The summed E-state index contributed by atoms with van der Waals surface area (Å²) in [5.74, 6) is 0.243. The summed E-state index contributed by atoms with van der Waals surface area (Å²) in [4.78, 5) is 23.8. The van der Waals surface area contributed by atoms with Crippen molar-refractivity contribution in [1.82, 2.24) is 9.97 Å². The lowest BCUT2D eigenvalue weighted by Gasteiger charge is -2.12. The molecule has 0 saturated carbocycles. The molecule has 0 atom stereocenters. The van der Waals surface area contributed by atoms with E-state index in [0.29, 0.717) is 19.7 Å². The first-order chi connectivity index (χ1) is 15.5. The Labute approximate surface area is 191 Å². The molecular weight excluding hydrogens is 428 g/mol. The number of aryl methyl sites for hydroxylation is 1. The van der Waals surface area contributed by atoms with Gasteiger partial charge in [0.2, 0.25) is 0 Å². The molecule has 1 amide bonds. The Hall–Kier alpha value is -3.23. The normalized spacial score (nSPS) is 11.6. The van der Waals surface area contributed by atoms with Crippen molar-refractivity contribution in [3.8, 4) is 5.75 Å². The van der Waals surface area contributed by atoms with Crippen LogP contribution in [0.1, 0.15) is 41.0 Å². The molecule has 0 spiro atoms. The zero-order valence-corrected chi connectivity index (χ0v) is 18.5. The third kappa shape index (κ3) is 5.93. The minimum Gasteiger partial charge on any atom is -0.493 e. The molecule has 6 N–H and O–H groups in total. The van der Waals surface area contributed by atoms with Gasteiger partial charge in [0.1, 0.15) is 22.4 Å². The maximum absolute atomic E-state index is 11.6. The maximum Gasteiger partial charge on any atom is 0.269 e. The number of ether oxygens (including phenoxy) is 1. The van der Waals surface area contributed by atoms with Crippen molar-refractivity contribution < 1.29 is 9.53 Å². The predicted octanol–water partition coefficient (Wildman–Crippen LogP) is 2.84. The highest BCUT2D eigenvalue weighted by Gasteiger charge is 2.15. The third-order valence-electron chi connectivity index (χ3n) is 4.94. The molecule has 1 heterocycles. The van der Waals surface area contributed by atoms with Crippen LogP contribution in [0.4, 0.5) is 0 Å². The van der Waals surface area contributed by atoms with Crippen LogP contribution in [0, 0.1) is 0 Å². The summed E-state index contributed by atoms with van der Waals surface area (Å²) in [6.07, 6.45) is 4.76. The van der Waals surface area contributed by atoms with E-state index < -0.39 is 5.91 Å². The van der Waals surface area contributed by atoms with Crippen LogP contribution < -0.4 is 21.9 Å². The third-order valence-corrected chi connectivity index (χ3v) is 5.12. The number of fused-ring (bicyclic) bond motifs is 1. The molecule has 1 aromatic heterocycles. The number of nitrogens with two attached hydrogens (primary N) is 3. The van der Waals surface area contributed by atoms with Gasteiger partial charge in [-0.3, -0.25) is 9.79 Å². The van der Waals surface area contributed by atoms with Crippen LogP contribution >= 0.6 is 11.6 Å². The molecule has 0 aliphatic carbocycles. The number of hydrogen-bond donors (Lipinski definition) is 3. The number of rotatable bonds is 11. The maximum atomic E-state index is 11.6. The molecule has 0 unspecified atom stereocenters. The van der Waals surface area contributed by atoms with Crippen molar-refractivity contribution in [3.63, 3.8) is 0 Å². The Morgan fingerprint density at radius 1 is 1.03 bits per heavy atom. The summed E-state index contributed by atoms with van der Waals surface area (Å²) in [6.45, 7) is 1.71. The van der Waals surface area contributed by atoms with Crippen molar-refractivity contribution in [3.05, 3.63) is 64.7 Å². The highest BCUT2D eigenvalue weighted by atomic mass is 35.5. The minimum absolute atomic E-state index is 0.0679. The molecule has 8 nitrogen and oxygen atoms in total. The van der Waals surface area contributed by atoms with Crippen LogP contribution in [0.3, 0.4) is 0 Å². The van der Waals surface area contributed by atoms with E-state index in [1.807, 2.05) is 18.2 Å². The molecule has 0 bridgehead atoms. The van der Waals surface area contributed by atoms with E-state index in [1.54, 1.807) is 0 Å². The molecule has 0 radical (unpaired) electrons. The van der Waals surface area contributed by atoms with Gasteiger partial charge >= 0.3 is 0 Å². The molecule has 168 valence electrons. The Kier molecular flexibility index (Phi) is 8.35. The van der Waals surface area contributed by atoms with E-state index in [9.17, 15) is 4.79 Å². The van der Waals surface area contributed by atoms with Crippen molar-refractivity contribution in [2.75, 3.05) is 19.7 Å². The van der Waals surface area contributed by atoms with Crippen LogP contribution in [0.5, 0.6) is 5.75 Å². The molecule has 0 aliphatic heterocycles. The van der Waals surface area contributed by atoms with Crippen molar-refractivity contribution in [2.45, 2.75) is 25.7 Å². The van der Waals surface area contributed by atoms with Gasteiger partial charge in [-0.15, -0.1) is 0 Å². The number of benzene rings is 2. The van der Waals surface area contributed by atoms with Crippen molar-refractivity contribution in [1.29, 1.82) is 0 Å². The summed E-state index contributed by atoms with van der Waals surface area (Å²) in [6, 6.07) is 12.4. The summed E-state index contributed by atoms with van der Waals surface area (Å²) in [5.41, 5.74) is 18.2. The molecule has 2 aromatic carbocycles. The van der Waals surface area contributed by atoms with Gasteiger partial charge in [0, 0.05) is 11.9 Å². The highest BCUT2D eigenvalue weighted by Crippen LogP contribution is 2.29. The number of hydrogen-bond acceptors (Lipinski definition) is 6. The molecule has 9 heteroatoms. The number of aliphatic imine (C=N–C) groups is 1. The summed E-state index contributed by atoms with van der Waals surface area (Å²) in [5, 5.41) is 2.35. The summed E-state index contributed by atoms with van der Waals surface area (Å²) >= 11 is 5.78. The molecule has 32 heavy (non-hydrogen) atoms. The number of carbonyl (C=O) groups is 1. The lowest BCUT2D eigenvalue weighted by molar-refractivity contribution is 0.0995. The van der Waals surface area contributed by atoms with Gasteiger partial charge in [0.05, 0.1) is 12.8 Å². The van der Waals surface area contributed by atoms with Crippen LogP contribution in [-0.2, 0) is 6.42 Å². The fraction of sp³-hybridized carbons (Fsp3) is 0.304. The van der Waals surface area contributed by atoms with E-state index in [0.717, 1.165) is 36.8 Å². The second-order valence-electron chi connectivity index (χ2n) is 7.24. The lowest BCUT2D eigenvalue weighted by atomic mass is 9.99. The van der Waals surface area contributed by atoms with Gasteiger partial charge in [0.15, 0.2) is 5.69 Å². The SMILES string of the molecule is NCCCOc1ccc(CCCCN=C(N)c2ncc(Cl)nc2C(N)=O)c2ccccc12. The van der Waals surface area contributed by atoms with E-state index in [4.69, 9.17) is 33.5 Å². The monoisotopic (exact) mass is 454 g/mol. The highest BCUT2D eigenvalue weighted by molar-refractivity contribution is 6.29. The fourth-order valence-corrected chi connectivity index (χ4v) is 3.50. The summed E-state index contributed by atoms with van der Waals surface area (Å²) in [7, 11) is 0. The predicted molar refractivity (Wildman–Crippen MR) is 127 cm³/mol. The van der Waals surface area contributed by atoms with Gasteiger partial charge in [0.25, 0.3) is 5.91 Å². The Morgan fingerprint density at radius 2 is 1.81 bits per heavy atom. The first-order valence-corrected chi connectivity index (χ1v) is 10.8. The number of unbranched alkanes of at least 4 members (excludes halogenated alkanes) is 1. The number of primary amides is 1. The number of aromatic nitrogens is 2. The van der Waals surface area contributed by atoms with E-state index in [1.165, 1.54) is 17.1 Å². The largest absolute Gasteiger partial charge is 0.493 e. The molecule has 0 aliphatic rings. The van der Waals surface area contributed by atoms with Crippen LogP contribution in [0.25, 0.3) is 10.8 Å². The number of halogens is 1. The second kappa shape index (κ2) is 11.4. The quantitative estimate of drug-likeness (QED) is 0.231. The average molecular weight is 455 g/mol. The Balaban J connectivity index is 1.61. The number of carbonyl (C=O) groups excluding carboxylic acids is 1. The van der Waals surface area contributed by atoms with Gasteiger partial charge in [-0.25, -0.2) is 9.97 Å². The van der Waals surface area contributed by atoms with Crippen LogP contribution in [-0.4, -0.2) is 41.4 Å². The first kappa shape index (κ1) is 23.4. The van der Waals surface area contributed by atoms with Crippen LogP contribution in [0.2, 0.25) is 5.15 Å². The van der Waals surface area contributed by atoms with Crippen molar-refractivity contribution in [2.24, 2.45) is 22.2 Å². The fourth-order valence-electron chi connectivity index (χ4n) is 3.37. The number of amidine groups is 1. The van der Waals surface area contributed by atoms with Gasteiger partial charge < -0.3 is 21.9 Å². The second-order valence-corrected chi connectivity index (χ2v) is 7.62. The molecule has 3 rings (SSSR count). The summed E-state index contributed by atoms with van der Waals surface area (Å²) < 4.78 is 5.90. The standard InChI is InChI=1S/C23H27ClN6O2/c24-19-14-29-20(21(30-19)23(27)31)22(26)28-12-4-3-6-15-9-10-18(32-13-5-11-25)17-8-2-1-7-16(15)17/h1-2,7-10,14H,3-6,11-13,25H2,(H2,26,28)(H2,27,31). The lowest BCUT2D eigenvalue weighted by Crippen LogP contribution is -2.24. The van der Waals surface area contributed by atoms with E-state index in [-0.39, 0.29) is 22.4 Å².